The molecule has 136 valence electrons. The molecular formula is C21H36O2Si. The van der Waals surface area contributed by atoms with E-state index >= 15 is 0 Å². The van der Waals surface area contributed by atoms with E-state index in [0.717, 1.165) is 17.1 Å². The highest BCUT2D eigenvalue weighted by Crippen LogP contribution is 2.40. The van der Waals surface area contributed by atoms with Gasteiger partial charge in [0, 0.05) is 0 Å². The quantitative estimate of drug-likeness (QED) is 0.462. The van der Waals surface area contributed by atoms with Crippen molar-refractivity contribution in [1.29, 1.82) is 0 Å². The molecule has 0 aliphatic heterocycles. The molecule has 3 heteroatoms. The van der Waals surface area contributed by atoms with Crippen molar-refractivity contribution in [2.75, 3.05) is 7.11 Å². The Morgan fingerprint density at radius 3 is 1.92 bits per heavy atom. The molecule has 0 aliphatic carbocycles. The van der Waals surface area contributed by atoms with E-state index in [2.05, 4.69) is 79.8 Å². The first-order valence-electron chi connectivity index (χ1n) is 9.09. The van der Waals surface area contributed by atoms with Crippen LogP contribution in [0.2, 0.25) is 13.1 Å². The average molecular weight is 349 g/mol. The molecule has 0 amide bonds. The summed E-state index contributed by atoms with van der Waals surface area (Å²) in [6.45, 7) is 20.1. The van der Waals surface area contributed by atoms with E-state index in [0.29, 0.717) is 11.8 Å². The summed E-state index contributed by atoms with van der Waals surface area (Å²) in [4.78, 5) is 0. The summed E-state index contributed by atoms with van der Waals surface area (Å²) >= 11 is 0. The fourth-order valence-electron chi connectivity index (χ4n) is 3.24. The van der Waals surface area contributed by atoms with Gasteiger partial charge in [-0.1, -0.05) is 60.6 Å². The lowest BCUT2D eigenvalue weighted by Crippen LogP contribution is -2.20. The third kappa shape index (κ3) is 4.89. The SMILES string of the molecule is COC(=C(C(C)C)C(C)C)c1cccc(C(C)(C)C)c1O[SiH](C)C. The zero-order chi connectivity index (χ0) is 18.7. The van der Waals surface area contributed by atoms with Gasteiger partial charge in [0.2, 0.25) is 9.04 Å². The van der Waals surface area contributed by atoms with Crippen molar-refractivity contribution in [3.05, 3.63) is 34.9 Å². The summed E-state index contributed by atoms with van der Waals surface area (Å²) in [5.74, 6) is 2.86. The van der Waals surface area contributed by atoms with Gasteiger partial charge in [-0.2, -0.15) is 0 Å². The zero-order valence-electron chi connectivity index (χ0n) is 17.3. The van der Waals surface area contributed by atoms with Gasteiger partial charge in [-0.25, -0.2) is 0 Å². The van der Waals surface area contributed by atoms with E-state index in [4.69, 9.17) is 9.16 Å². The van der Waals surface area contributed by atoms with Crippen molar-refractivity contribution in [2.24, 2.45) is 11.8 Å². The molecule has 0 saturated carbocycles. The number of hydrogen-bond donors (Lipinski definition) is 0. The fraction of sp³-hybridized carbons (Fsp3) is 0.619. The van der Waals surface area contributed by atoms with E-state index in [1.165, 1.54) is 11.1 Å². The van der Waals surface area contributed by atoms with Crippen LogP contribution in [0, 0.1) is 11.8 Å². The Morgan fingerprint density at radius 2 is 1.54 bits per heavy atom. The first-order chi connectivity index (χ1) is 11.0. The minimum Gasteiger partial charge on any atom is -0.546 e. The van der Waals surface area contributed by atoms with E-state index < -0.39 is 9.04 Å². The van der Waals surface area contributed by atoms with E-state index in [1.54, 1.807) is 7.11 Å². The normalized spacial score (nSPS) is 12.0. The lowest BCUT2D eigenvalue weighted by Gasteiger charge is -2.28. The topological polar surface area (TPSA) is 18.5 Å². The highest BCUT2D eigenvalue weighted by Gasteiger charge is 2.26. The molecule has 0 spiro atoms. The van der Waals surface area contributed by atoms with Crippen molar-refractivity contribution >= 4 is 14.8 Å². The summed E-state index contributed by atoms with van der Waals surface area (Å²) in [6, 6.07) is 6.46. The third-order valence-corrected chi connectivity index (χ3v) is 4.84. The molecule has 0 aromatic heterocycles. The average Bonchev–Trinajstić information content (AvgIpc) is 2.42. The number of benzene rings is 1. The van der Waals surface area contributed by atoms with Crippen molar-refractivity contribution in [1.82, 2.24) is 0 Å². The van der Waals surface area contributed by atoms with Gasteiger partial charge in [0.1, 0.15) is 11.5 Å². The molecule has 0 fully saturated rings. The van der Waals surface area contributed by atoms with Gasteiger partial charge in [-0.3, -0.25) is 0 Å². The van der Waals surface area contributed by atoms with Gasteiger partial charge in [0.25, 0.3) is 0 Å². The molecule has 1 aromatic carbocycles. The van der Waals surface area contributed by atoms with Crippen LogP contribution in [0.3, 0.4) is 0 Å². The van der Waals surface area contributed by atoms with Crippen molar-refractivity contribution in [3.8, 4) is 5.75 Å². The van der Waals surface area contributed by atoms with Crippen LogP contribution < -0.4 is 4.43 Å². The Kier molecular flexibility index (Phi) is 7.15. The van der Waals surface area contributed by atoms with Gasteiger partial charge in [-0.05, 0) is 47.5 Å². The molecule has 1 aromatic rings. The predicted octanol–water partition coefficient (Wildman–Crippen LogP) is 6.02. The summed E-state index contributed by atoms with van der Waals surface area (Å²) < 4.78 is 12.3. The van der Waals surface area contributed by atoms with Crippen LogP contribution in [0.4, 0.5) is 0 Å². The van der Waals surface area contributed by atoms with Crippen LogP contribution in [0.25, 0.3) is 5.76 Å². The first-order valence-corrected chi connectivity index (χ1v) is 11.9. The maximum Gasteiger partial charge on any atom is 0.229 e. The van der Waals surface area contributed by atoms with Crippen LogP contribution in [0.15, 0.2) is 23.8 Å². The molecule has 0 saturated heterocycles. The molecule has 0 unspecified atom stereocenters. The number of rotatable bonds is 6. The molecule has 0 aliphatic rings. The Bertz CT molecular complexity index is 568. The van der Waals surface area contributed by atoms with Gasteiger partial charge < -0.3 is 9.16 Å². The first kappa shape index (κ1) is 20.8. The van der Waals surface area contributed by atoms with Crippen molar-refractivity contribution < 1.29 is 9.16 Å². The number of para-hydroxylation sites is 1. The molecule has 24 heavy (non-hydrogen) atoms. The minimum absolute atomic E-state index is 0.0311. The number of allylic oxidation sites excluding steroid dienone is 1. The van der Waals surface area contributed by atoms with E-state index in [9.17, 15) is 0 Å². The van der Waals surface area contributed by atoms with Crippen LogP contribution >= 0.6 is 0 Å². The van der Waals surface area contributed by atoms with Gasteiger partial charge in [-0.15, -0.1) is 0 Å². The lowest BCUT2D eigenvalue weighted by molar-refractivity contribution is 0.355. The Balaban J connectivity index is 3.76. The molecule has 0 atom stereocenters. The summed E-state index contributed by atoms with van der Waals surface area (Å²) in [6.07, 6.45) is 0. The molecule has 0 bridgehead atoms. The van der Waals surface area contributed by atoms with Gasteiger partial charge >= 0.3 is 0 Å². The second-order valence-electron chi connectivity index (χ2n) is 8.40. The summed E-state index contributed by atoms with van der Waals surface area (Å²) in [5, 5.41) is 0. The zero-order valence-corrected chi connectivity index (χ0v) is 18.4. The fourth-order valence-corrected chi connectivity index (χ4v) is 3.97. The Hall–Kier alpha value is -1.22. The monoisotopic (exact) mass is 348 g/mol. The van der Waals surface area contributed by atoms with Gasteiger partial charge in [0.05, 0.1) is 12.7 Å². The highest BCUT2D eigenvalue weighted by atomic mass is 28.3. The van der Waals surface area contributed by atoms with Crippen LogP contribution in [-0.4, -0.2) is 16.2 Å². The lowest BCUT2D eigenvalue weighted by atomic mass is 9.83. The molecule has 2 nitrogen and oxygen atoms in total. The second kappa shape index (κ2) is 8.24. The van der Waals surface area contributed by atoms with Crippen molar-refractivity contribution in [3.63, 3.8) is 0 Å². The largest absolute Gasteiger partial charge is 0.546 e. The third-order valence-electron chi connectivity index (χ3n) is 4.13. The molecule has 0 N–H and O–H groups in total. The molecule has 1 rings (SSSR count). The van der Waals surface area contributed by atoms with Crippen LogP contribution in [0.5, 0.6) is 5.75 Å². The minimum atomic E-state index is -1.24. The van der Waals surface area contributed by atoms with Crippen LogP contribution in [-0.2, 0) is 10.2 Å². The molecular weight excluding hydrogens is 312 g/mol. The van der Waals surface area contributed by atoms with E-state index in [1.807, 2.05) is 0 Å². The second-order valence-corrected chi connectivity index (χ2v) is 10.7. The maximum atomic E-state index is 6.42. The summed E-state index contributed by atoms with van der Waals surface area (Å²) in [7, 11) is 0.542. The van der Waals surface area contributed by atoms with Crippen molar-refractivity contribution in [2.45, 2.75) is 67.0 Å². The van der Waals surface area contributed by atoms with Gasteiger partial charge in [0.15, 0.2) is 0 Å². The smallest absolute Gasteiger partial charge is 0.229 e. The van der Waals surface area contributed by atoms with E-state index in [-0.39, 0.29) is 5.41 Å². The summed E-state index contributed by atoms with van der Waals surface area (Å²) in [5.41, 5.74) is 3.73. The number of hydrogen-bond acceptors (Lipinski definition) is 2. The van der Waals surface area contributed by atoms with Crippen LogP contribution in [0.1, 0.15) is 59.6 Å². The molecule has 0 radical (unpaired) electrons. The Morgan fingerprint density at radius 1 is 1.00 bits per heavy atom. The molecule has 0 heterocycles. The standard InChI is InChI=1S/C21H36O2Si/c1-14(2)18(15(3)4)20(22-8)16-12-11-13-17(21(5,6)7)19(16)23-24(9)10/h11-15,24H,1-10H3. The predicted molar refractivity (Wildman–Crippen MR) is 108 cm³/mol. The Labute approximate surface area is 151 Å². The highest BCUT2D eigenvalue weighted by molar-refractivity contribution is 6.49. The maximum absolute atomic E-state index is 6.42. The number of methoxy groups -OCH3 is 1. The number of ether oxygens (including phenoxy) is 1.